The van der Waals surface area contributed by atoms with Crippen LogP contribution in [0.3, 0.4) is 0 Å². The molecule has 2 heteroatoms. The molecular formula is C10H16N2. The molecule has 0 unspecified atom stereocenters. The zero-order valence-electron chi connectivity index (χ0n) is 8.04. The average Bonchev–Trinajstić information content (AvgIpc) is 2.18. The molecule has 1 rings (SSSR count). The maximum atomic E-state index is 4.33. The fraction of sp³-hybridized carbons (Fsp3) is 0.600. The van der Waals surface area contributed by atoms with Gasteiger partial charge in [-0.05, 0) is 12.8 Å². The molecule has 0 spiro atoms. The van der Waals surface area contributed by atoms with Crippen molar-refractivity contribution in [3.8, 4) is 0 Å². The van der Waals surface area contributed by atoms with E-state index in [1.807, 2.05) is 6.20 Å². The third kappa shape index (κ3) is 1.63. The maximum Gasteiger partial charge on any atom is 0.0645 e. The highest BCUT2D eigenvalue weighted by Gasteiger charge is 2.23. The first-order valence-electron chi connectivity index (χ1n) is 4.49. The van der Waals surface area contributed by atoms with E-state index in [-0.39, 0.29) is 5.41 Å². The highest BCUT2D eigenvalue weighted by atomic mass is 14.8. The van der Waals surface area contributed by atoms with Crippen molar-refractivity contribution in [3.63, 3.8) is 0 Å². The second kappa shape index (κ2) is 3.65. The normalized spacial score (nSPS) is 11.6. The van der Waals surface area contributed by atoms with Crippen molar-refractivity contribution >= 4 is 0 Å². The summed E-state index contributed by atoms with van der Waals surface area (Å²) in [6, 6.07) is 0. The van der Waals surface area contributed by atoms with Crippen LogP contribution in [-0.2, 0) is 5.41 Å². The van der Waals surface area contributed by atoms with Gasteiger partial charge in [0.05, 0.1) is 5.69 Å². The molecule has 0 aliphatic heterocycles. The van der Waals surface area contributed by atoms with E-state index in [1.54, 1.807) is 12.4 Å². The van der Waals surface area contributed by atoms with Gasteiger partial charge in [-0.3, -0.25) is 9.97 Å². The van der Waals surface area contributed by atoms with Crippen LogP contribution < -0.4 is 0 Å². The smallest absolute Gasteiger partial charge is 0.0645 e. The zero-order valence-corrected chi connectivity index (χ0v) is 8.04. The van der Waals surface area contributed by atoms with Crippen LogP contribution in [-0.4, -0.2) is 9.97 Å². The molecule has 0 N–H and O–H groups in total. The monoisotopic (exact) mass is 164 g/mol. The van der Waals surface area contributed by atoms with Crippen molar-refractivity contribution in [2.24, 2.45) is 0 Å². The van der Waals surface area contributed by atoms with E-state index in [4.69, 9.17) is 0 Å². The van der Waals surface area contributed by atoms with Gasteiger partial charge in [-0.25, -0.2) is 0 Å². The quantitative estimate of drug-likeness (QED) is 0.686. The summed E-state index contributed by atoms with van der Waals surface area (Å²) in [5.74, 6) is 0. The molecular weight excluding hydrogens is 148 g/mol. The Morgan fingerprint density at radius 2 is 1.92 bits per heavy atom. The number of nitrogens with zero attached hydrogens (tertiary/aromatic N) is 2. The summed E-state index contributed by atoms with van der Waals surface area (Å²) >= 11 is 0. The summed E-state index contributed by atoms with van der Waals surface area (Å²) in [5, 5.41) is 0. The number of aromatic nitrogens is 2. The van der Waals surface area contributed by atoms with Crippen LogP contribution >= 0.6 is 0 Å². The summed E-state index contributed by atoms with van der Waals surface area (Å²) in [5.41, 5.74) is 1.31. The third-order valence-electron chi connectivity index (χ3n) is 2.74. The van der Waals surface area contributed by atoms with Crippen LogP contribution in [0.4, 0.5) is 0 Å². The summed E-state index contributed by atoms with van der Waals surface area (Å²) in [4.78, 5) is 8.41. The van der Waals surface area contributed by atoms with Gasteiger partial charge >= 0.3 is 0 Å². The fourth-order valence-electron chi connectivity index (χ4n) is 1.22. The Hall–Kier alpha value is -0.920. The molecule has 0 fully saturated rings. The van der Waals surface area contributed by atoms with Gasteiger partial charge in [0.25, 0.3) is 0 Å². The third-order valence-corrected chi connectivity index (χ3v) is 2.74. The molecule has 0 aliphatic rings. The fourth-order valence-corrected chi connectivity index (χ4v) is 1.22. The SMILES string of the molecule is CCC(C)(CC)c1cnccn1. The molecule has 12 heavy (non-hydrogen) atoms. The molecule has 0 aromatic carbocycles. The zero-order chi connectivity index (χ0) is 9.03. The van der Waals surface area contributed by atoms with Crippen LogP contribution in [0.25, 0.3) is 0 Å². The molecule has 2 nitrogen and oxygen atoms in total. The first-order valence-corrected chi connectivity index (χ1v) is 4.49. The molecule has 0 radical (unpaired) electrons. The van der Waals surface area contributed by atoms with E-state index in [2.05, 4.69) is 30.7 Å². The van der Waals surface area contributed by atoms with E-state index < -0.39 is 0 Å². The minimum atomic E-state index is 0.203. The van der Waals surface area contributed by atoms with Gasteiger partial charge in [-0.2, -0.15) is 0 Å². The van der Waals surface area contributed by atoms with Crippen LogP contribution in [0.5, 0.6) is 0 Å². The molecule has 1 aromatic rings. The van der Waals surface area contributed by atoms with Gasteiger partial charge in [-0.1, -0.05) is 20.8 Å². The number of hydrogen-bond acceptors (Lipinski definition) is 2. The van der Waals surface area contributed by atoms with E-state index in [0.717, 1.165) is 18.5 Å². The Balaban J connectivity index is 2.95. The second-order valence-corrected chi connectivity index (χ2v) is 3.36. The summed E-state index contributed by atoms with van der Waals surface area (Å²) in [7, 11) is 0. The largest absolute Gasteiger partial charge is 0.261 e. The van der Waals surface area contributed by atoms with Crippen molar-refractivity contribution in [1.82, 2.24) is 9.97 Å². The molecule has 0 saturated carbocycles. The van der Waals surface area contributed by atoms with E-state index in [9.17, 15) is 0 Å². The summed E-state index contributed by atoms with van der Waals surface area (Å²) in [6.45, 7) is 6.62. The molecule has 66 valence electrons. The molecule has 0 saturated heterocycles. The van der Waals surface area contributed by atoms with Crippen LogP contribution in [0.15, 0.2) is 18.6 Å². The topological polar surface area (TPSA) is 25.8 Å². The first-order chi connectivity index (χ1) is 5.73. The predicted molar refractivity (Wildman–Crippen MR) is 50.0 cm³/mol. The predicted octanol–water partition coefficient (Wildman–Crippen LogP) is 2.55. The minimum absolute atomic E-state index is 0.203. The highest BCUT2D eigenvalue weighted by Crippen LogP contribution is 2.28. The minimum Gasteiger partial charge on any atom is -0.261 e. The lowest BCUT2D eigenvalue weighted by Gasteiger charge is -2.25. The van der Waals surface area contributed by atoms with Gasteiger partial charge in [0, 0.05) is 24.0 Å². The van der Waals surface area contributed by atoms with Gasteiger partial charge < -0.3 is 0 Å². The van der Waals surface area contributed by atoms with Crippen LogP contribution in [0.1, 0.15) is 39.3 Å². The summed E-state index contributed by atoms with van der Waals surface area (Å²) < 4.78 is 0. The molecule has 1 heterocycles. The lowest BCUT2D eigenvalue weighted by atomic mass is 9.82. The lowest BCUT2D eigenvalue weighted by molar-refractivity contribution is 0.424. The van der Waals surface area contributed by atoms with E-state index in [1.165, 1.54) is 0 Å². The second-order valence-electron chi connectivity index (χ2n) is 3.36. The lowest BCUT2D eigenvalue weighted by Crippen LogP contribution is -2.21. The molecule has 0 bridgehead atoms. The Labute approximate surface area is 74.1 Å². The number of hydrogen-bond donors (Lipinski definition) is 0. The van der Waals surface area contributed by atoms with Gasteiger partial charge in [0.2, 0.25) is 0 Å². The van der Waals surface area contributed by atoms with Crippen LogP contribution in [0.2, 0.25) is 0 Å². The van der Waals surface area contributed by atoms with Gasteiger partial charge in [0.15, 0.2) is 0 Å². The first kappa shape index (κ1) is 9.17. The average molecular weight is 164 g/mol. The van der Waals surface area contributed by atoms with Crippen molar-refractivity contribution < 1.29 is 0 Å². The standard InChI is InChI=1S/C10H16N2/c1-4-10(3,5-2)9-8-11-6-7-12-9/h6-8H,4-5H2,1-3H3. The Bertz CT molecular complexity index is 227. The van der Waals surface area contributed by atoms with Crippen molar-refractivity contribution in [3.05, 3.63) is 24.3 Å². The van der Waals surface area contributed by atoms with Crippen molar-refractivity contribution in [1.29, 1.82) is 0 Å². The molecule has 0 atom stereocenters. The molecule has 1 aromatic heterocycles. The Morgan fingerprint density at radius 1 is 1.25 bits per heavy atom. The van der Waals surface area contributed by atoms with E-state index >= 15 is 0 Å². The Kier molecular flexibility index (Phi) is 2.79. The number of rotatable bonds is 3. The molecule has 0 amide bonds. The van der Waals surface area contributed by atoms with Crippen LogP contribution in [0, 0.1) is 0 Å². The maximum absolute atomic E-state index is 4.33. The molecule has 0 aliphatic carbocycles. The van der Waals surface area contributed by atoms with Crippen molar-refractivity contribution in [2.45, 2.75) is 39.0 Å². The van der Waals surface area contributed by atoms with Gasteiger partial charge in [-0.15, -0.1) is 0 Å². The van der Waals surface area contributed by atoms with Crippen molar-refractivity contribution in [2.75, 3.05) is 0 Å². The Morgan fingerprint density at radius 3 is 2.33 bits per heavy atom. The van der Waals surface area contributed by atoms with E-state index in [0.29, 0.717) is 0 Å². The van der Waals surface area contributed by atoms with Gasteiger partial charge in [0.1, 0.15) is 0 Å². The highest BCUT2D eigenvalue weighted by molar-refractivity contribution is 5.10. The summed E-state index contributed by atoms with van der Waals surface area (Å²) in [6.07, 6.45) is 7.57.